The topological polar surface area (TPSA) is 89.2 Å². The number of aliphatic hydroxyl groups is 1. The molecule has 7 nitrogen and oxygen atoms in total. The van der Waals surface area contributed by atoms with E-state index in [1.54, 1.807) is 48.5 Å². The maximum absolute atomic E-state index is 13.1. The first kappa shape index (κ1) is 21.5. The Morgan fingerprint density at radius 3 is 2.66 bits per heavy atom. The molecule has 1 atom stereocenters. The van der Waals surface area contributed by atoms with E-state index in [2.05, 4.69) is 0 Å². The van der Waals surface area contributed by atoms with Gasteiger partial charge in [0.1, 0.15) is 29.1 Å². The number of rotatable bonds is 6. The number of methoxy groups -OCH3 is 1. The summed E-state index contributed by atoms with van der Waals surface area (Å²) in [4.78, 5) is 27.6. The Hall–Kier alpha value is -3.71. The second kappa shape index (κ2) is 8.80. The number of benzene rings is 2. The number of ether oxygens (including phenoxy) is 2. The Bertz CT molecular complexity index is 1200. The fraction of sp³-hybridized carbons (Fsp3) is 0.167. The number of Topliss-reactive ketones (excluding diaryl/α,β-unsaturated/α-hetero) is 1. The van der Waals surface area contributed by atoms with Gasteiger partial charge in [0.15, 0.2) is 0 Å². The summed E-state index contributed by atoms with van der Waals surface area (Å²) in [6.45, 7) is 2.29. The average Bonchev–Trinajstić information content (AvgIpc) is 3.41. The van der Waals surface area contributed by atoms with Crippen molar-refractivity contribution in [2.75, 3.05) is 18.6 Å². The summed E-state index contributed by atoms with van der Waals surface area (Å²) < 4.78 is 16.4. The largest absolute Gasteiger partial charge is 0.507 e. The quantitative estimate of drug-likeness (QED) is 0.322. The molecule has 4 rings (SSSR count). The van der Waals surface area contributed by atoms with Crippen LogP contribution < -0.4 is 14.4 Å². The number of halogens is 1. The maximum atomic E-state index is 13.1. The van der Waals surface area contributed by atoms with E-state index in [9.17, 15) is 14.7 Å². The van der Waals surface area contributed by atoms with Crippen molar-refractivity contribution in [3.63, 3.8) is 0 Å². The number of carbonyl (C=O) groups is 2. The van der Waals surface area contributed by atoms with Gasteiger partial charge in [-0.05, 0) is 49.4 Å². The van der Waals surface area contributed by atoms with E-state index in [-0.39, 0.29) is 11.1 Å². The van der Waals surface area contributed by atoms with Crippen molar-refractivity contribution in [3.8, 4) is 11.5 Å². The molecule has 1 aromatic heterocycles. The third-order valence-electron chi connectivity index (χ3n) is 5.08. The zero-order valence-corrected chi connectivity index (χ0v) is 18.1. The molecule has 8 heteroatoms. The first-order valence-electron chi connectivity index (χ1n) is 9.87. The highest BCUT2D eigenvalue weighted by Crippen LogP contribution is 2.44. The van der Waals surface area contributed by atoms with Gasteiger partial charge in [-0.25, -0.2) is 0 Å². The Morgan fingerprint density at radius 1 is 1.16 bits per heavy atom. The van der Waals surface area contributed by atoms with E-state index < -0.39 is 23.5 Å². The van der Waals surface area contributed by atoms with Gasteiger partial charge in [0, 0.05) is 16.8 Å². The highest BCUT2D eigenvalue weighted by molar-refractivity contribution is 6.51. The van der Waals surface area contributed by atoms with E-state index in [1.165, 1.54) is 24.3 Å². The molecule has 0 spiro atoms. The minimum atomic E-state index is -0.995. The number of carbonyl (C=O) groups excluding carboxylic acids is 2. The van der Waals surface area contributed by atoms with Gasteiger partial charge < -0.3 is 19.0 Å². The van der Waals surface area contributed by atoms with Crippen molar-refractivity contribution < 1.29 is 28.6 Å². The first-order valence-corrected chi connectivity index (χ1v) is 10.2. The van der Waals surface area contributed by atoms with Crippen molar-refractivity contribution in [1.29, 1.82) is 0 Å². The molecule has 0 aliphatic carbocycles. The van der Waals surface area contributed by atoms with Crippen LogP contribution in [-0.4, -0.2) is 30.5 Å². The molecule has 0 radical (unpaired) electrons. The Labute approximate surface area is 189 Å². The van der Waals surface area contributed by atoms with Crippen LogP contribution >= 0.6 is 11.6 Å². The van der Waals surface area contributed by atoms with Crippen LogP contribution in [-0.2, 0) is 9.59 Å². The van der Waals surface area contributed by atoms with E-state index in [0.29, 0.717) is 34.6 Å². The van der Waals surface area contributed by atoms with Crippen LogP contribution in [0, 0.1) is 0 Å². The van der Waals surface area contributed by atoms with Crippen molar-refractivity contribution in [2.45, 2.75) is 13.0 Å². The van der Waals surface area contributed by atoms with Gasteiger partial charge in [0.25, 0.3) is 11.7 Å². The molecular weight excluding hydrogens is 434 g/mol. The fourth-order valence-electron chi connectivity index (χ4n) is 3.72. The molecule has 1 aliphatic rings. The molecule has 1 aliphatic heterocycles. The van der Waals surface area contributed by atoms with Crippen molar-refractivity contribution in [1.82, 2.24) is 0 Å². The summed E-state index contributed by atoms with van der Waals surface area (Å²) in [6, 6.07) is 13.7. The number of ketones is 1. The lowest BCUT2D eigenvalue weighted by molar-refractivity contribution is -0.132. The third-order valence-corrected chi connectivity index (χ3v) is 5.32. The van der Waals surface area contributed by atoms with E-state index in [4.69, 9.17) is 25.5 Å². The normalized spacial score (nSPS) is 17.6. The number of nitrogens with zero attached hydrogens (tertiary/aromatic N) is 1. The standard InChI is InChI=1S/C24H20ClNO6/c1-3-31-16-7-4-6-15(13-16)26-21(19-8-5-11-32-19)20(23(28)24(26)29)22(27)17-12-14(25)9-10-18(17)30-2/h4-13,21,27H,3H2,1-2H3/b22-20-. The van der Waals surface area contributed by atoms with Crippen molar-refractivity contribution >= 4 is 34.7 Å². The number of furan rings is 1. The van der Waals surface area contributed by atoms with Crippen LogP contribution in [0.3, 0.4) is 0 Å². The summed E-state index contributed by atoms with van der Waals surface area (Å²) in [7, 11) is 1.43. The van der Waals surface area contributed by atoms with E-state index >= 15 is 0 Å². The molecule has 2 heterocycles. The zero-order chi connectivity index (χ0) is 22.8. The van der Waals surface area contributed by atoms with E-state index in [1.807, 2.05) is 6.92 Å². The van der Waals surface area contributed by atoms with Crippen molar-refractivity contribution in [3.05, 3.63) is 82.8 Å². The molecule has 1 unspecified atom stereocenters. The van der Waals surface area contributed by atoms with Crippen LogP contribution in [0.4, 0.5) is 5.69 Å². The molecule has 0 saturated carbocycles. The van der Waals surface area contributed by atoms with Gasteiger partial charge in [-0.15, -0.1) is 0 Å². The zero-order valence-electron chi connectivity index (χ0n) is 17.4. The lowest BCUT2D eigenvalue weighted by Crippen LogP contribution is -2.29. The van der Waals surface area contributed by atoms with Gasteiger partial charge >= 0.3 is 0 Å². The number of aliphatic hydroxyl groups excluding tert-OH is 1. The summed E-state index contributed by atoms with van der Waals surface area (Å²) in [5, 5.41) is 11.5. The molecule has 2 aromatic carbocycles. The minimum Gasteiger partial charge on any atom is -0.507 e. The molecule has 1 amide bonds. The van der Waals surface area contributed by atoms with Gasteiger partial charge in [-0.1, -0.05) is 17.7 Å². The number of hydrogen-bond acceptors (Lipinski definition) is 6. The van der Waals surface area contributed by atoms with Crippen molar-refractivity contribution in [2.24, 2.45) is 0 Å². The molecule has 1 N–H and O–H groups in total. The number of amides is 1. The first-order chi connectivity index (χ1) is 15.5. The third kappa shape index (κ3) is 3.71. The predicted molar refractivity (Wildman–Crippen MR) is 119 cm³/mol. The second-order valence-electron chi connectivity index (χ2n) is 6.96. The molecule has 1 saturated heterocycles. The summed E-state index contributed by atoms with van der Waals surface area (Å²) >= 11 is 6.11. The Balaban J connectivity index is 1.93. The highest BCUT2D eigenvalue weighted by Gasteiger charge is 2.48. The summed E-state index contributed by atoms with van der Waals surface area (Å²) in [6.07, 6.45) is 1.44. The summed E-state index contributed by atoms with van der Waals surface area (Å²) in [5.74, 6) is -0.910. The van der Waals surface area contributed by atoms with E-state index in [0.717, 1.165) is 0 Å². The van der Waals surface area contributed by atoms with Crippen LogP contribution in [0.15, 0.2) is 70.9 Å². The second-order valence-corrected chi connectivity index (χ2v) is 7.40. The average molecular weight is 454 g/mol. The maximum Gasteiger partial charge on any atom is 0.300 e. The van der Waals surface area contributed by atoms with Crippen LogP contribution in [0.1, 0.15) is 24.3 Å². The monoisotopic (exact) mass is 453 g/mol. The molecule has 164 valence electrons. The molecule has 1 fully saturated rings. The lowest BCUT2D eigenvalue weighted by Gasteiger charge is -2.24. The highest BCUT2D eigenvalue weighted by atomic mass is 35.5. The fourth-order valence-corrected chi connectivity index (χ4v) is 3.89. The van der Waals surface area contributed by atoms with Gasteiger partial charge in [-0.2, -0.15) is 0 Å². The van der Waals surface area contributed by atoms with Crippen LogP contribution in [0.2, 0.25) is 5.02 Å². The molecule has 3 aromatic rings. The Morgan fingerprint density at radius 2 is 1.97 bits per heavy atom. The van der Waals surface area contributed by atoms with Crippen LogP contribution in [0.25, 0.3) is 5.76 Å². The van der Waals surface area contributed by atoms with Gasteiger partial charge in [0.2, 0.25) is 0 Å². The minimum absolute atomic E-state index is 0.132. The SMILES string of the molecule is CCOc1cccc(N2C(=O)C(=O)/C(=C(\O)c3cc(Cl)ccc3OC)C2c2ccco2)c1. The molecule has 32 heavy (non-hydrogen) atoms. The molecular formula is C24H20ClNO6. The number of hydrogen-bond donors (Lipinski definition) is 1. The number of anilines is 1. The predicted octanol–water partition coefficient (Wildman–Crippen LogP) is 4.97. The molecule has 0 bridgehead atoms. The Kier molecular flexibility index (Phi) is 5.92. The van der Waals surface area contributed by atoms with Gasteiger partial charge in [0.05, 0.1) is 31.1 Å². The van der Waals surface area contributed by atoms with Crippen LogP contribution in [0.5, 0.6) is 11.5 Å². The lowest BCUT2D eigenvalue weighted by atomic mass is 9.98. The summed E-state index contributed by atoms with van der Waals surface area (Å²) in [5.41, 5.74) is 0.488. The smallest absolute Gasteiger partial charge is 0.300 e. The van der Waals surface area contributed by atoms with Gasteiger partial charge in [-0.3, -0.25) is 14.5 Å².